The lowest BCUT2D eigenvalue weighted by Gasteiger charge is -2.46. The van der Waals surface area contributed by atoms with Crippen LogP contribution in [0.2, 0.25) is 0 Å². The molecule has 4 N–H and O–H groups in total. The first-order chi connectivity index (χ1) is 52.5. The van der Waals surface area contributed by atoms with Gasteiger partial charge in [0.2, 0.25) is 17.7 Å². The van der Waals surface area contributed by atoms with Gasteiger partial charge in [0, 0.05) is 25.8 Å². The summed E-state index contributed by atoms with van der Waals surface area (Å²) in [5, 5.41) is 8.99. The Morgan fingerprint density at radius 3 is 1.07 bits per heavy atom. The Hall–Kier alpha value is -4.25. The second-order valence-corrected chi connectivity index (χ2v) is 31.9. The van der Waals surface area contributed by atoms with Crippen LogP contribution in [0.1, 0.15) is 413 Å². The van der Waals surface area contributed by atoms with Crippen molar-refractivity contribution in [2.24, 2.45) is 0 Å². The van der Waals surface area contributed by atoms with Gasteiger partial charge in [-0.2, -0.15) is 8.42 Å². The molecule has 2 rings (SSSR count). The zero-order valence-corrected chi connectivity index (χ0v) is 69.8. The van der Waals surface area contributed by atoms with Crippen molar-refractivity contribution in [3.63, 3.8) is 0 Å². The number of rotatable bonds is 76. The van der Waals surface area contributed by atoms with Gasteiger partial charge in [-0.3, -0.25) is 33.3 Å². The Bertz CT molecular complexity index is 2460. The molecule has 8 atom stereocenters. The molecule has 21 heteroatoms. The van der Waals surface area contributed by atoms with E-state index in [4.69, 9.17) is 37.6 Å². The molecule has 108 heavy (non-hydrogen) atoms. The van der Waals surface area contributed by atoms with Gasteiger partial charge in [0.15, 0.2) is 6.29 Å². The molecule has 0 spiro atoms. The maximum Gasteiger partial charge on any atom is 0.424 e. The van der Waals surface area contributed by atoms with Crippen molar-refractivity contribution < 1.29 is 79.4 Å². The highest BCUT2D eigenvalue weighted by atomic mass is 32.3. The first-order valence-corrected chi connectivity index (χ1v) is 45.6. The summed E-state index contributed by atoms with van der Waals surface area (Å²) >= 11 is 0. The Balaban J connectivity index is 2.71. The normalized spacial score (nSPS) is 16.7. The number of ether oxygens (including phenoxy) is 6. The molecule has 0 unspecified atom stereocenters. The third-order valence-corrected chi connectivity index (χ3v) is 20.9. The summed E-state index contributed by atoms with van der Waals surface area (Å²) in [7, 11) is -5.34. The molecule has 1 aliphatic heterocycles. The van der Waals surface area contributed by atoms with Gasteiger partial charge < -0.3 is 44.4 Å². The van der Waals surface area contributed by atoms with E-state index >= 15 is 9.59 Å². The molecular weight excluding hydrogens is 1390 g/mol. The molecule has 1 aromatic rings. The van der Waals surface area contributed by atoms with E-state index < -0.39 is 83.0 Å². The van der Waals surface area contributed by atoms with Crippen LogP contribution in [-0.4, -0.2) is 117 Å². The fourth-order valence-corrected chi connectivity index (χ4v) is 14.4. The highest BCUT2D eigenvalue weighted by Gasteiger charge is 2.50. The quantitative estimate of drug-likeness (QED) is 0.0118. The lowest BCUT2D eigenvalue weighted by Crippen LogP contribution is -2.70. The summed E-state index contributed by atoms with van der Waals surface area (Å²) in [5.41, 5.74) is 0.788. The number of esters is 3. The molecule has 3 amide bonds. The van der Waals surface area contributed by atoms with Crippen molar-refractivity contribution in [1.82, 2.24) is 16.0 Å². The number of nitrogens with one attached hydrogen (secondary N) is 3. The third kappa shape index (κ3) is 56.9. The topological polar surface area (TPSA) is 267 Å². The fourth-order valence-electron chi connectivity index (χ4n) is 14.2. The van der Waals surface area contributed by atoms with E-state index in [1.54, 1.807) is 0 Å². The average Bonchev–Trinajstić information content (AvgIpc) is 0.783. The third-order valence-electron chi connectivity index (χ3n) is 20.7. The summed E-state index contributed by atoms with van der Waals surface area (Å²) in [5.74, 6) is -2.78. The van der Waals surface area contributed by atoms with Crippen LogP contribution in [0.3, 0.4) is 0 Å². The second-order valence-electron chi connectivity index (χ2n) is 30.9. The predicted molar refractivity (Wildman–Crippen MR) is 432 cm³/mol. The van der Waals surface area contributed by atoms with Crippen LogP contribution >= 0.6 is 0 Å². The standard InChI is InChI=1S/C87H157N3O17S/c1-7-13-19-25-31-34-40-43-52-60-74(102-81(94)63-55-46-37-28-22-16-10-4)68-78(91)88-66-67-101-87-85(90-80(93)70-76(62-54-45-42-36-33-27-21-15-9-3)104-83(96)65-57-48-39-30-24-18-12-6)84(86(106-107-108(97,98)99)77(105-87)72-100-71-73-58-50-49-51-59-73)89-79(92)69-75(61-53-44-41-35-32-26-20-14-8-2)103-82(95)64-56-47-38-29-23-17-11-5/h49-51,58-59,74-77,84-87H,7-48,52-57,60-72H2,1-6H3,(H,88,91)(H,89,92)(H,90,93)(H,97,98,99)/t74-,75-,76-,77-,84+,85-,86-,87-/m1/s1. The van der Waals surface area contributed by atoms with Crippen LogP contribution in [0.4, 0.5) is 0 Å². The van der Waals surface area contributed by atoms with E-state index in [1.807, 2.05) is 30.3 Å². The molecule has 0 bridgehead atoms. The van der Waals surface area contributed by atoms with E-state index in [1.165, 1.54) is 109 Å². The number of unbranched alkanes of at least 4 members (excludes halogenated alkanes) is 42. The molecule has 628 valence electrons. The number of carbonyl (C=O) groups excluding carboxylic acids is 6. The van der Waals surface area contributed by atoms with Crippen molar-refractivity contribution in [2.75, 3.05) is 19.8 Å². The molecule has 1 aliphatic rings. The van der Waals surface area contributed by atoms with Crippen LogP contribution in [0.5, 0.6) is 0 Å². The molecule has 1 heterocycles. The van der Waals surface area contributed by atoms with Gasteiger partial charge in [0.1, 0.15) is 36.6 Å². The van der Waals surface area contributed by atoms with Crippen LogP contribution in [0, 0.1) is 0 Å². The highest BCUT2D eigenvalue weighted by molar-refractivity contribution is 7.80. The summed E-state index contributed by atoms with van der Waals surface area (Å²) in [4.78, 5) is 90.7. The van der Waals surface area contributed by atoms with Crippen LogP contribution in [-0.2, 0) is 83.4 Å². The van der Waals surface area contributed by atoms with Gasteiger partial charge in [0.05, 0.1) is 45.1 Å². The van der Waals surface area contributed by atoms with Crippen molar-refractivity contribution in [2.45, 2.75) is 463 Å². The van der Waals surface area contributed by atoms with E-state index in [-0.39, 0.29) is 76.8 Å². The predicted octanol–water partition coefficient (Wildman–Crippen LogP) is 21.2. The number of amides is 3. The van der Waals surface area contributed by atoms with Gasteiger partial charge in [-0.05, 0) is 63.4 Å². The van der Waals surface area contributed by atoms with Crippen LogP contribution in [0.15, 0.2) is 30.3 Å². The lowest BCUT2D eigenvalue weighted by molar-refractivity contribution is -0.328. The number of benzene rings is 1. The van der Waals surface area contributed by atoms with Crippen molar-refractivity contribution in [3.8, 4) is 0 Å². The zero-order chi connectivity index (χ0) is 78.6. The Kier molecular flexibility index (Phi) is 64.2. The Morgan fingerprint density at radius 2 is 0.731 bits per heavy atom. The summed E-state index contributed by atoms with van der Waals surface area (Å²) in [6.07, 6.45) is 45.0. The minimum absolute atomic E-state index is 0.0542. The number of carbonyl (C=O) groups is 6. The van der Waals surface area contributed by atoms with E-state index in [0.29, 0.717) is 44.9 Å². The largest absolute Gasteiger partial charge is 0.462 e. The second kappa shape index (κ2) is 69.5. The van der Waals surface area contributed by atoms with Crippen LogP contribution < -0.4 is 16.0 Å². The van der Waals surface area contributed by atoms with Crippen LogP contribution in [0.25, 0.3) is 0 Å². The highest BCUT2D eigenvalue weighted by Crippen LogP contribution is 2.29. The number of hydrogen-bond acceptors (Lipinski definition) is 16. The Labute approximate surface area is 656 Å². The van der Waals surface area contributed by atoms with Crippen molar-refractivity contribution in [3.05, 3.63) is 35.9 Å². The van der Waals surface area contributed by atoms with E-state index in [9.17, 15) is 32.1 Å². The Morgan fingerprint density at radius 1 is 0.417 bits per heavy atom. The molecule has 1 saturated heterocycles. The van der Waals surface area contributed by atoms with E-state index in [0.717, 1.165) is 179 Å². The van der Waals surface area contributed by atoms with Crippen molar-refractivity contribution in [1.29, 1.82) is 0 Å². The fraction of sp³-hybridized carbons (Fsp3) is 0.862. The SMILES string of the molecule is CCCCCCCCCCC[C@H](CC(=O)NCCO[C@@H]1O[C@H](COCc2ccccc2)[C@@H](OOS(=O)(=O)O)[C@@H](NC(=O)C[C@@H](CCCCCCCCCCC)OC(=O)CCCCCCCCC)[C@H]1NC(=O)C[C@@H](CCCCCCCCCCC)OC(=O)CCCCCCCCC)OC(=O)CCCCCCCCC. The maximum atomic E-state index is 15.1. The van der Waals surface area contributed by atoms with Crippen molar-refractivity contribution >= 4 is 46.0 Å². The van der Waals surface area contributed by atoms with Gasteiger partial charge in [0.25, 0.3) is 0 Å². The molecule has 0 aliphatic carbocycles. The summed E-state index contributed by atoms with van der Waals surface area (Å²) in [6.45, 7) is 12.6. The molecule has 20 nitrogen and oxygen atoms in total. The minimum Gasteiger partial charge on any atom is -0.462 e. The molecular formula is C87H157N3O17S. The van der Waals surface area contributed by atoms with Gasteiger partial charge >= 0.3 is 28.3 Å². The maximum absolute atomic E-state index is 15.1. The average molecular weight is 1550 g/mol. The minimum atomic E-state index is -5.34. The lowest BCUT2D eigenvalue weighted by atomic mass is 9.93. The first-order valence-electron chi connectivity index (χ1n) is 44.2. The van der Waals surface area contributed by atoms with Gasteiger partial charge in [-0.25, -0.2) is 4.89 Å². The van der Waals surface area contributed by atoms with Gasteiger partial charge in [-0.15, -0.1) is 0 Å². The first kappa shape index (κ1) is 99.8. The summed E-state index contributed by atoms with van der Waals surface area (Å²) < 4.78 is 77.9. The number of hydrogen-bond donors (Lipinski definition) is 4. The van der Waals surface area contributed by atoms with Gasteiger partial charge in [-0.1, -0.05) is 346 Å². The summed E-state index contributed by atoms with van der Waals surface area (Å²) in [6, 6.07) is 6.33. The monoisotopic (exact) mass is 1550 g/mol. The molecule has 1 aromatic carbocycles. The molecule has 1 fully saturated rings. The smallest absolute Gasteiger partial charge is 0.424 e. The molecule has 0 saturated carbocycles. The molecule has 0 aromatic heterocycles. The van der Waals surface area contributed by atoms with E-state index in [2.05, 4.69) is 57.5 Å². The molecule has 0 radical (unpaired) electrons. The zero-order valence-electron chi connectivity index (χ0n) is 69.0.